The molecule has 96 valence electrons. The molecule has 0 rings (SSSR count). The summed E-state index contributed by atoms with van der Waals surface area (Å²) in [6.45, 7) is 13.9. The third-order valence-corrected chi connectivity index (χ3v) is 2.96. The number of hydrogen-bond acceptors (Lipinski definition) is 0. The van der Waals surface area contributed by atoms with Gasteiger partial charge in [-0.25, -0.2) is 0 Å². The zero-order chi connectivity index (χ0) is 12.6. The van der Waals surface area contributed by atoms with Crippen LogP contribution in [0.25, 0.3) is 0 Å². The van der Waals surface area contributed by atoms with Crippen molar-refractivity contribution in [1.29, 1.82) is 0 Å². The van der Waals surface area contributed by atoms with Gasteiger partial charge in [-0.3, -0.25) is 0 Å². The van der Waals surface area contributed by atoms with E-state index in [0.29, 0.717) is 0 Å². The van der Waals surface area contributed by atoms with Gasteiger partial charge in [0.15, 0.2) is 0 Å². The maximum absolute atomic E-state index is 2.51. The zero-order valence-electron chi connectivity index (χ0n) is 12.3. The lowest BCUT2D eigenvalue weighted by atomic mass is 9.94. The Morgan fingerprint density at radius 2 is 1.19 bits per heavy atom. The predicted molar refractivity (Wildman–Crippen MR) is 75.7 cm³/mol. The fraction of sp³-hybridized carbons (Fsp3) is 0.875. The maximum atomic E-state index is 2.51. The van der Waals surface area contributed by atoms with Crippen molar-refractivity contribution < 1.29 is 0 Å². The third kappa shape index (κ3) is 10.3. The minimum Gasteiger partial charge on any atom is -0.0851 e. The molecule has 0 amide bonds. The van der Waals surface area contributed by atoms with Crippen molar-refractivity contribution in [3.8, 4) is 0 Å². The molecule has 0 radical (unpaired) electrons. The van der Waals surface area contributed by atoms with Crippen LogP contribution in [0.5, 0.6) is 0 Å². The van der Waals surface area contributed by atoms with E-state index in [1.54, 1.807) is 5.57 Å². The first-order valence-electron chi connectivity index (χ1n) is 7.09. The molecule has 16 heavy (non-hydrogen) atoms. The van der Waals surface area contributed by atoms with Crippen LogP contribution in [-0.4, -0.2) is 0 Å². The van der Waals surface area contributed by atoms with Crippen molar-refractivity contribution >= 4 is 0 Å². The van der Waals surface area contributed by atoms with Crippen LogP contribution in [0.1, 0.15) is 73.6 Å². The van der Waals surface area contributed by atoms with Gasteiger partial charge in [0, 0.05) is 0 Å². The number of rotatable bonds is 8. The van der Waals surface area contributed by atoms with Crippen molar-refractivity contribution in [2.24, 2.45) is 17.8 Å². The van der Waals surface area contributed by atoms with Gasteiger partial charge in [0.05, 0.1) is 0 Å². The van der Waals surface area contributed by atoms with Crippen LogP contribution in [0.3, 0.4) is 0 Å². The Labute approximate surface area is 104 Å². The zero-order valence-corrected chi connectivity index (χ0v) is 12.3. The molecule has 0 aliphatic carbocycles. The minimum absolute atomic E-state index is 0.799. The summed E-state index contributed by atoms with van der Waals surface area (Å²) in [5, 5.41) is 0. The summed E-state index contributed by atoms with van der Waals surface area (Å²) >= 11 is 0. The predicted octanol–water partition coefficient (Wildman–Crippen LogP) is 5.83. The molecule has 0 aromatic carbocycles. The second-order valence-electron chi connectivity index (χ2n) is 6.36. The van der Waals surface area contributed by atoms with E-state index in [4.69, 9.17) is 0 Å². The summed E-state index contributed by atoms with van der Waals surface area (Å²) in [7, 11) is 0. The van der Waals surface area contributed by atoms with E-state index in [0.717, 1.165) is 17.8 Å². The molecule has 0 heteroatoms. The van der Waals surface area contributed by atoms with Gasteiger partial charge in [0.25, 0.3) is 0 Å². The minimum atomic E-state index is 0.799. The van der Waals surface area contributed by atoms with E-state index in [1.807, 2.05) is 0 Å². The molecule has 0 N–H and O–H groups in total. The summed E-state index contributed by atoms with van der Waals surface area (Å²) in [5.74, 6) is 2.47. The summed E-state index contributed by atoms with van der Waals surface area (Å²) in [6, 6.07) is 0. The van der Waals surface area contributed by atoms with Gasteiger partial charge in [-0.1, -0.05) is 53.2 Å². The monoisotopic (exact) mass is 224 g/mol. The third-order valence-electron chi connectivity index (χ3n) is 2.96. The topological polar surface area (TPSA) is 0 Å². The molecule has 0 nitrogen and oxygen atoms in total. The standard InChI is InChI=1S/C16H32/c1-13(2)7-10-16(11-8-14(3)4)12-9-15(5)6/h10,13-15H,7-9,11-12H2,1-6H3. The van der Waals surface area contributed by atoms with E-state index in [2.05, 4.69) is 47.6 Å². The Hall–Kier alpha value is -0.260. The van der Waals surface area contributed by atoms with Crippen molar-refractivity contribution in [3.63, 3.8) is 0 Å². The Morgan fingerprint density at radius 3 is 1.50 bits per heavy atom. The molecule has 0 atom stereocenters. The van der Waals surface area contributed by atoms with Gasteiger partial charge < -0.3 is 0 Å². The largest absolute Gasteiger partial charge is 0.0851 e. The highest BCUT2D eigenvalue weighted by atomic mass is 14.1. The quantitative estimate of drug-likeness (QED) is 0.455. The Morgan fingerprint density at radius 1 is 0.750 bits per heavy atom. The summed E-state index contributed by atoms with van der Waals surface area (Å²) in [5.41, 5.74) is 1.70. The Kier molecular flexibility index (Phi) is 8.70. The van der Waals surface area contributed by atoms with Crippen LogP contribution in [-0.2, 0) is 0 Å². The highest BCUT2D eigenvalue weighted by Crippen LogP contribution is 2.20. The average molecular weight is 224 g/mol. The SMILES string of the molecule is CC(C)CC=C(CCC(C)C)CCC(C)C. The van der Waals surface area contributed by atoms with Crippen LogP contribution in [0.4, 0.5) is 0 Å². The Bertz CT molecular complexity index is 170. The van der Waals surface area contributed by atoms with Crippen molar-refractivity contribution in [2.75, 3.05) is 0 Å². The molecule has 0 heterocycles. The molecule has 0 aliphatic rings. The van der Waals surface area contributed by atoms with Gasteiger partial charge in [-0.15, -0.1) is 0 Å². The normalized spacial score (nSPS) is 11.6. The highest BCUT2D eigenvalue weighted by molar-refractivity contribution is 5.02. The van der Waals surface area contributed by atoms with Gasteiger partial charge in [-0.05, 0) is 49.9 Å². The van der Waals surface area contributed by atoms with Crippen molar-refractivity contribution in [1.82, 2.24) is 0 Å². The summed E-state index contributed by atoms with van der Waals surface area (Å²) in [6.07, 6.45) is 9.10. The van der Waals surface area contributed by atoms with Gasteiger partial charge in [-0.2, -0.15) is 0 Å². The molecule has 0 saturated carbocycles. The molecule has 0 spiro atoms. The second kappa shape index (κ2) is 8.84. The van der Waals surface area contributed by atoms with E-state index in [-0.39, 0.29) is 0 Å². The second-order valence-corrected chi connectivity index (χ2v) is 6.36. The lowest BCUT2D eigenvalue weighted by Gasteiger charge is -2.12. The van der Waals surface area contributed by atoms with E-state index >= 15 is 0 Å². The first kappa shape index (κ1) is 15.7. The maximum Gasteiger partial charge on any atom is -0.0318 e. The summed E-state index contributed by atoms with van der Waals surface area (Å²) < 4.78 is 0. The molecule has 0 aromatic heterocycles. The van der Waals surface area contributed by atoms with Crippen LogP contribution in [0, 0.1) is 17.8 Å². The number of allylic oxidation sites excluding steroid dienone is 2. The van der Waals surface area contributed by atoms with Crippen molar-refractivity contribution in [3.05, 3.63) is 11.6 Å². The molecule has 0 saturated heterocycles. The smallest absolute Gasteiger partial charge is 0.0318 e. The first-order valence-corrected chi connectivity index (χ1v) is 7.09. The molecular formula is C16H32. The van der Waals surface area contributed by atoms with Crippen LogP contribution in [0.15, 0.2) is 11.6 Å². The Balaban J connectivity index is 4.09. The lowest BCUT2D eigenvalue weighted by Crippen LogP contribution is -1.95. The van der Waals surface area contributed by atoms with E-state index in [1.165, 1.54) is 32.1 Å². The van der Waals surface area contributed by atoms with Gasteiger partial charge in [0.2, 0.25) is 0 Å². The van der Waals surface area contributed by atoms with Gasteiger partial charge >= 0.3 is 0 Å². The fourth-order valence-electron chi connectivity index (χ4n) is 1.68. The molecule has 0 bridgehead atoms. The molecule has 0 aromatic rings. The number of hydrogen-bond donors (Lipinski definition) is 0. The highest BCUT2D eigenvalue weighted by Gasteiger charge is 2.03. The lowest BCUT2D eigenvalue weighted by molar-refractivity contribution is 0.541. The van der Waals surface area contributed by atoms with E-state index < -0.39 is 0 Å². The molecule has 0 unspecified atom stereocenters. The molecular weight excluding hydrogens is 192 g/mol. The van der Waals surface area contributed by atoms with E-state index in [9.17, 15) is 0 Å². The average Bonchev–Trinajstić information content (AvgIpc) is 2.15. The van der Waals surface area contributed by atoms with Crippen molar-refractivity contribution in [2.45, 2.75) is 73.6 Å². The van der Waals surface area contributed by atoms with Crippen LogP contribution < -0.4 is 0 Å². The summed E-state index contributed by atoms with van der Waals surface area (Å²) in [4.78, 5) is 0. The molecule has 0 aliphatic heterocycles. The van der Waals surface area contributed by atoms with Crippen LogP contribution in [0.2, 0.25) is 0 Å². The first-order chi connectivity index (χ1) is 7.41. The fourth-order valence-corrected chi connectivity index (χ4v) is 1.68. The molecule has 0 fully saturated rings. The van der Waals surface area contributed by atoms with Crippen LogP contribution >= 0.6 is 0 Å². The van der Waals surface area contributed by atoms with Gasteiger partial charge in [0.1, 0.15) is 0 Å².